The monoisotopic (exact) mass is 376 g/mol. The van der Waals surface area contributed by atoms with Crippen molar-refractivity contribution >= 4 is 0 Å². The second kappa shape index (κ2) is 9.26. The Morgan fingerprint density at radius 3 is 2.23 bits per heavy atom. The molecule has 0 bridgehead atoms. The third-order valence-corrected chi connectivity index (χ3v) is 4.95. The summed E-state index contributed by atoms with van der Waals surface area (Å²) in [6.45, 7) is 5.32. The van der Waals surface area contributed by atoms with Crippen LogP contribution in [0.2, 0.25) is 0 Å². The number of hydrogen-bond donors (Lipinski definition) is 2. The van der Waals surface area contributed by atoms with Gasteiger partial charge in [0.25, 0.3) is 0 Å². The first-order valence-corrected chi connectivity index (χ1v) is 8.95. The molecule has 1 saturated heterocycles. The van der Waals surface area contributed by atoms with Crippen LogP contribution in [0.4, 0.5) is 0 Å². The number of hydrogen-bond acceptors (Lipinski definition) is 4. The van der Waals surface area contributed by atoms with E-state index in [4.69, 9.17) is 4.74 Å². The number of phenols is 1. The third kappa shape index (κ3) is 5.90. The first-order chi connectivity index (χ1) is 12.0. The summed E-state index contributed by atoms with van der Waals surface area (Å²) in [5.41, 5.74) is 1.86. The highest BCUT2D eigenvalue weighted by Gasteiger charge is 2.32. The number of nitrogens with zero attached hydrogens (tertiary/aromatic N) is 1. The quantitative estimate of drug-likeness (QED) is 0.753. The largest absolute Gasteiger partial charge is 1.00 e. The lowest BCUT2D eigenvalue weighted by atomic mass is 9.85. The number of rotatable bonds is 6. The fourth-order valence-corrected chi connectivity index (χ4v) is 3.29. The van der Waals surface area contributed by atoms with E-state index in [1.165, 1.54) is 11.1 Å². The molecule has 1 heterocycles. The van der Waals surface area contributed by atoms with Gasteiger partial charge in [0, 0.05) is 26.1 Å². The summed E-state index contributed by atoms with van der Waals surface area (Å²) >= 11 is 0. The number of aromatic hydroxyl groups is 1. The van der Waals surface area contributed by atoms with E-state index in [1.807, 2.05) is 0 Å². The van der Waals surface area contributed by atoms with E-state index < -0.39 is 5.60 Å². The lowest BCUT2D eigenvalue weighted by Gasteiger charge is -2.38. The fourth-order valence-electron chi connectivity index (χ4n) is 3.29. The summed E-state index contributed by atoms with van der Waals surface area (Å²) in [6, 6.07) is 15.2. The molecule has 26 heavy (non-hydrogen) atoms. The van der Waals surface area contributed by atoms with Crippen LogP contribution in [0.5, 0.6) is 11.5 Å². The van der Waals surface area contributed by atoms with E-state index in [1.54, 1.807) is 24.3 Å². The highest BCUT2D eigenvalue weighted by Crippen LogP contribution is 2.26. The predicted molar refractivity (Wildman–Crippen MR) is 99.1 cm³/mol. The van der Waals surface area contributed by atoms with Crippen LogP contribution in [-0.2, 0) is 6.42 Å². The van der Waals surface area contributed by atoms with Gasteiger partial charge >= 0.3 is 0 Å². The minimum Gasteiger partial charge on any atom is -1.00 e. The first-order valence-electron chi connectivity index (χ1n) is 8.95. The van der Waals surface area contributed by atoms with Gasteiger partial charge < -0.3 is 27.4 Å². The molecule has 0 spiro atoms. The summed E-state index contributed by atoms with van der Waals surface area (Å²) in [6.07, 6.45) is 2.31. The van der Waals surface area contributed by atoms with Crippen molar-refractivity contribution in [3.05, 3.63) is 59.7 Å². The van der Waals surface area contributed by atoms with Crippen molar-refractivity contribution in [2.45, 2.75) is 31.8 Å². The molecule has 0 radical (unpaired) electrons. The molecule has 5 heteroatoms. The molecule has 1 aliphatic heterocycles. The van der Waals surface area contributed by atoms with Gasteiger partial charge in [0.15, 0.2) is 0 Å². The number of likely N-dealkylation sites (tertiary alicyclic amines) is 1. The van der Waals surface area contributed by atoms with Gasteiger partial charge in [-0.15, -0.1) is 0 Å². The number of piperidine rings is 1. The van der Waals surface area contributed by atoms with Crippen molar-refractivity contribution in [3.63, 3.8) is 0 Å². The van der Waals surface area contributed by atoms with E-state index >= 15 is 0 Å². The minimum atomic E-state index is -0.594. The van der Waals surface area contributed by atoms with E-state index in [0.29, 0.717) is 6.61 Å². The minimum absolute atomic E-state index is 0. The average Bonchev–Trinajstić information content (AvgIpc) is 2.61. The van der Waals surface area contributed by atoms with E-state index in [2.05, 4.69) is 36.1 Å². The Morgan fingerprint density at radius 1 is 1.00 bits per heavy atom. The molecule has 2 aromatic carbocycles. The summed E-state index contributed by atoms with van der Waals surface area (Å²) in [5, 5.41) is 20.1. The molecular formula is C21H27ClNO3-. The van der Waals surface area contributed by atoms with Crippen molar-refractivity contribution in [1.82, 2.24) is 4.90 Å². The Labute approximate surface area is 161 Å². The van der Waals surface area contributed by atoms with Crippen LogP contribution < -0.4 is 17.1 Å². The van der Waals surface area contributed by atoms with Crippen molar-refractivity contribution in [1.29, 1.82) is 0 Å². The van der Waals surface area contributed by atoms with E-state index in [9.17, 15) is 10.2 Å². The number of ether oxygens (including phenoxy) is 1. The van der Waals surface area contributed by atoms with Crippen molar-refractivity contribution in [3.8, 4) is 11.5 Å². The molecule has 0 saturated carbocycles. The third-order valence-electron chi connectivity index (χ3n) is 4.95. The Bertz CT molecular complexity index is 665. The molecule has 0 unspecified atom stereocenters. The molecule has 0 aromatic heterocycles. The maximum Gasteiger partial charge on any atom is 0.119 e. The van der Waals surface area contributed by atoms with Crippen LogP contribution >= 0.6 is 0 Å². The smallest absolute Gasteiger partial charge is 0.119 e. The van der Waals surface area contributed by atoms with Gasteiger partial charge in [-0.1, -0.05) is 29.8 Å². The number of aryl methyl sites for hydroxylation is 1. The molecule has 4 nitrogen and oxygen atoms in total. The number of phenolic OH excluding ortho intramolecular Hbond substituents is 1. The Kier molecular flexibility index (Phi) is 7.33. The maximum atomic E-state index is 10.9. The SMILES string of the molecule is Cc1ccc(CC2(O)CCN(CCOc3ccc(O)cc3)CC2)cc1.[Cl-]. The maximum absolute atomic E-state index is 10.9. The van der Waals surface area contributed by atoms with Crippen LogP contribution in [0.3, 0.4) is 0 Å². The standard InChI is InChI=1S/C21H27NO3.ClH/c1-17-2-4-18(5-3-17)16-21(24)10-12-22(13-11-21)14-15-25-20-8-6-19(23)7-9-20;/h2-9,23-24H,10-16H2,1H3;1H/p-1. The summed E-state index contributed by atoms with van der Waals surface area (Å²) < 4.78 is 5.71. The number of benzene rings is 2. The van der Waals surface area contributed by atoms with Gasteiger partial charge in [0.05, 0.1) is 5.60 Å². The van der Waals surface area contributed by atoms with Gasteiger partial charge in [-0.25, -0.2) is 0 Å². The van der Waals surface area contributed by atoms with Gasteiger partial charge in [-0.05, 0) is 49.6 Å². The summed E-state index contributed by atoms with van der Waals surface area (Å²) in [5.74, 6) is 1.02. The zero-order valence-electron chi connectivity index (χ0n) is 15.2. The molecule has 142 valence electrons. The second-order valence-corrected chi connectivity index (χ2v) is 7.07. The predicted octanol–water partition coefficient (Wildman–Crippen LogP) is 0.153. The lowest BCUT2D eigenvalue weighted by molar-refractivity contribution is -0.0226. The molecule has 3 rings (SSSR count). The topological polar surface area (TPSA) is 52.9 Å². The molecule has 2 aromatic rings. The number of aliphatic hydroxyl groups is 1. The second-order valence-electron chi connectivity index (χ2n) is 7.07. The molecule has 0 amide bonds. The zero-order valence-corrected chi connectivity index (χ0v) is 16.0. The van der Waals surface area contributed by atoms with Gasteiger partial charge in [0.2, 0.25) is 0 Å². The molecule has 0 atom stereocenters. The molecule has 2 N–H and O–H groups in total. The molecule has 1 aliphatic rings. The van der Waals surface area contributed by atoms with E-state index in [-0.39, 0.29) is 18.2 Å². The Morgan fingerprint density at radius 2 is 1.62 bits per heavy atom. The van der Waals surface area contributed by atoms with Crippen molar-refractivity contribution in [2.24, 2.45) is 0 Å². The highest BCUT2D eigenvalue weighted by molar-refractivity contribution is 5.30. The van der Waals surface area contributed by atoms with E-state index in [0.717, 1.165) is 44.6 Å². The van der Waals surface area contributed by atoms with Crippen LogP contribution in [-0.4, -0.2) is 47.0 Å². The molecule has 1 fully saturated rings. The Hall–Kier alpha value is -1.75. The van der Waals surface area contributed by atoms with Crippen molar-refractivity contribution < 1.29 is 27.4 Å². The normalized spacial score (nSPS) is 16.7. The first kappa shape index (κ1) is 20.6. The zero-order chi connectivity index (χ0) is 17.7. The number of halogens is 1. The van der Waals surface area contributed by atoms with Gasteiger partial charge in [-0.2, -0.15) is 0 Å². The van der Waals surface area contributed by atoms with Crippen LogP contribution in [0.15, 0.2) is 48.5 Å². The Balaban J connectivity index is 0.00000243. The lowest BCUT2D eigenvalue weighted by Crippen LogP contribution is -3.00. The van der Waals surface area contributed by atoms with Gasteiger partial charge in [-0.3, -0.25) is 4.90 Å². The average molecular weight is 377 g/mol. The molecular weight excluding hydrogens is 350 g/mol. The molecule has 0 aliphatic carbocycles. The van der Waals surface area contributed by atoms with Crippen LogP contribution in [0.1, 0.15) is 24.0 Å². The van der Waals surface area contributed by atoms with Crippen LogP contribution in [0, 0.1) is 6.92 Å². The summed E-state index contributed by atoms with van der Waals surface area (Å²) in [7, 11) is 0. The summed E-state index contributed by atoms with van der Waals surface area (Å²) in [4.78, 5) is 2.34. The fraction of sp³-hybridized carbons (Fsp3) is 0.429. The van der Waals surface area contributed by atoms with Crippen molar-refractivity contribution in [2.75, 3.05) is 26.2 Å². The van der Waals surface area contributed by atoms with Crippen LogP contribution in [0.25, 0.3) is 0 Å². The highest BCUT2D eigenvalue weighted by atomic mass is 35.5. The van der Waals surface area contributed by atoms with Gasteiger partial charge in [0.1, 0.15) is 18.1 Å².